The first-order chi connectivity index (χ1) is 5.70. The molecule has 0 spiro atoms. The minimum absolute atomic E-state index is 0.463. The van der Waals surface area contributed by atoms with Gasteiger partial charge in [0.25, 0.3) is 0 Å². The van der Waals surface area contributed by atoms with Crippen LogP contribution in [0.2, 0.25) is 0 Å². The molecule has 72 valence electrons. The lowest BCUT2D eigenvalue weighted by molar-refractivity contribution is 0.424. The topological polar surface area (TPSA) is 38.0 Å². The van der Waals surface area contributed by atoms with Crippen LogP contribution in [0.5, 0.6) is 0 Å². The second-order valence-electron chi connectivity index (χ2n) is 4.41. The van der Waals surface area contributed by atoms with Gasteiger partial charge in [-0.15, -0.1) is 0 Å². The van der Waals surface area contributed by atoms with Crippen molar-refractivity contribution in [2.45, 2.75) is 39.2 Å². The molecule has 0 radical (unpaired) electrons. The summed E-state index contributed by atoms with van der Waals surface area (Å²) in [5.74, 6) is 1.49. The Labute approximate surface area is 75.9 Å². The molecular weight excluding hydrogens is 148 g/mol. The molecule has 1 aliphatic rings. The summed E-state index contributed by atoms with van der Waals surface area (Å²) < 4.78 is 0. The van der Waals surface area contributed by atoms with Crippen LogP contribution in [-0.4, -0.2) is 19.1 Å². The maximum absolute atomic E-state index is 5.96. The summed E-state index contributed by atoms with van der Waals surface area (Å²) in [6.45, 7) is 6.73. The van der Waals surface area contributed by atoms with Gasteiger partial charge in [-0.1, -0.05) is 20.3 Å². The fourth-order valence-electron chi connectivity index (χ4n) is 1.88. The standard InChI is InChI=1S/C10H22N2/c1-8(2)6-12-7-9-4-3-5-10(9)11/h8-10,12H,3-7,11H2,1-2H3. The van der Waals surface area contributed by atoms with Crippen LogP contribution in [0.15, 0.2) is 0 Å². The normalized spacial score (nSPS) is 30.0. The zero-order valence-electron chi connectivity index (χ0n) is 8.34. The lowest BCUT2D eigenvalue weighted by atomic mass is 10.0. The minimum atomic E-state index is 0.463. The van der Waals surface area contributed by atoms with Crippen molar-refractivity contribution in [3.05, 3.63) is 0 Å². The Hall–Kier alpha value is -0.0800. The monoisotopic (exact) mass is 170 g/mol. The first kappa shape index (κ1) is 10.0. The largest absolute Gasteiger partial charge is 0.327 e. The molecule has 0 aliphatic heterocycles. The molecule has 3 N–H and O–H groups in total. The van der Waals surface area contributed by atoms with Crippen molar-refractivity contribution in [3.63, 3.8) is 0 Å². The molecule has 12 heavy (non-hydrogen) atoms. The van der Waals surface area contributed by atoms with Crippen LogP contribution in [0, 0.1) is 11.8 Å². The lowest BCUT2D eigenvalue weighted by Gasteiger charge is -2.16. The zero-order chi connectivity index (χ0) is 8.97. The Morgan fingerprint density at radius 2 is 2.17 bits per heavy atom. The first-order valence-corrected chi connectivity index (χ1v) is 5.16. The van der Waals surface area contributed by atoms with Crippen molar-refractivity contribution in [2.75, 3.05) is 13.1 Å². The Balaban J connectivity index is 2.06. The molecule has 1 rings (SSSR count). The average molecular weight is 170 g/mol. The fraction of sp³-hybridized carbons (Fsp3) is 1.00. The van der Waals surface area contributed by atoms with Crippen molar-refractivity contribution in [1.29, 1.82) is 0 Å². The van der Waals surface area contributed by atoms with E-state index in [1.54, 1.807) is 0 Å². The number of nitrogens with two attached hydrogens (primary N) is 1. The highest BCUT2D eigenvalue weighted by atomic mass is 14.9. The van der Waals surface area contributed by atoms with E-state index >= 15 is 0 Å². The van der Waals surface area contributed by atoms with Gasteiger partial charge in [-0.05, 0) is 37.8 Å². The van der Waals surface area contributed by atoms with Gasteiger partial charge in [0.15, 0.2) is 0 Å². The second-order valence-corrected chi connectivity index (χ2v) is 4.41. The Kier molecular flexibility index (Phi) is 4.02. The Morgan fingerprint density at radius 3 is 2.67 bits per heavy atom. The number of nitrogens with one attached hydrogen (secondary N) is 1. The SMILES string of the molecule is CC(C)CNCC1CCCC1N. The Morgan fingerprint density at radius 1 is 1.42 bits per heavy atom. The maximum atomic E-state index is 5.96. The minimum Gasteiger partial charge on any atom is -0.327 e. The molecule has 2 nitrogen and oxygen atoms in total. The van der Waals surface area contributed by atoms with Gasteiger partial charge in [-0.3, -0.25) is 0 Å². The molecule has 1 saturated carbocycles. The highest BCUT2D eigenvalue weighted by molar-refractivity contribution is 4.81. The van der Waals surface area contributed by atoms with E-state index in [2.05, 4.69) is 19.2 Å². The van der Waals surface area contributed by atoms with Gasteiger partial charge in [-0.2, -0.15) is 0 Å². The summed E-state index contributed by atoms with van der Waals surface area (Å²) in [7, 11) is 0. The van der Waals surface area contributed by atoms with E-state index in [1.165, 1.54) is 19.3 Å². The van der Waals surface area contributed by atoms with Crippen LogP contribution < -0.4 is 11.1 Å². The van der Waals surface area contributed by atoms with Gasteiger partial charge in [0.2, 0.25) is 0 Å². The van der Waals surface area contributed by atoms with Crippen molar-refractivity contribution in [2.24, 2.45) is 17.6 Å². The maximum Gasteiger partial charge on any atom is 0.00792 e. The third kappa shape index (κ3) is 3.11. The van der Waals surface area contributed by atoms with Crippen LogP contribution in [0.3, 0.4) is 0 Å². The van der Waals surface area contributed by atoms with Crippen molar-refractivity contribution in [1.82, 2.24) is 5.32 Å². The highest BCUT2D eigenvalue weighted by Gasteiger charge is 2.22. The molecule has 0 heterocycles. The summed E-state index contributed by atoms with van der Waals surface area (Å²) in [5, 5.41) is 3.48. The molecule has 1 aliphatic carbocycles. The lowest BCUT2D eigenvalue weighted by Crippen LogP contribution is -2.34. The zero-order valence-corrected chi connectivity index (χ0v) is 8.34. The summed E-state index contributed by atoms with van der Waals surface area (Å²) in [6, 6.07) is 0.463. The quantitative estimate of drug-likeness (QED) is 0.668. The first-order valence-electron chi connectivity index (χ1n) is 5.16. The van der Waals surface area contributed by atoms with Crippen molar-refractivity contribution in [3.8, 4) is 0 Å². The van der Waals surface area contributed by atoms with Gasteiger partial charge in [0.05, 0.1) is 0 Å². The van der Waals surface area contributed by atoms with Gasteiger partial charge in [-0.25, -0.2) is 0 Å². The molecule has 0 bridgehead atoms. The predicted molar refractivity (Wildman–Crippen MR) is 53.0 cm³/mol. The van der Waals surface area contributed by atoms with E-state index in [1.807, 2.05) is 0 Å². The van der Waals surface area contributed by atoms with Crippen molar-refractivity contribution >= 4 is 0 Å². The molecule has 0 amide bonds. The predicted octanol–water partition coefficient (Wildman–Crippen LogP) is 1.36. The van der Waals surface area contributed by atoms with Crippen LogP contribution in [-0.2, 0) is 0 Å². The third-order valence-electron chi connectivity index (χ3n) is 2.68. The van der Waals surface area contributed by atoms with Gasteiger partial charge in [0.1, 0.15) is 0 Å². The molecule has 2 unspecified atom stereocenters. The number of rotatable bonds is 4. The van der Waals surface area contributed by atoms with Crippen LogP contribution in [0.4, 0.5) is 0 Å². The highest BCUT2D eigenvalue weighted by Crippen LogP contribution is 2.22. The second kappa shape index (κ2) is 4.83. The molecule has 0 aromatic heterocycles. The molecular formula is C10H22N2. The van der Waals surface area contributed by atoms with Crippen LogP contribution >= 0.6 is 0 Å². The van der Waals surface area contributed by atoms with Gasteiger partial charge >= 0.3 is 0 Å². The summed E-state index contributed by atoms with van der Waals surface area (Å²) in [5.41, 5.74) is 5.96. The number of hydrogen-bond acceptors (Lipinski definition) is 2. The number of hydrogen-bond donors (Lipinski definition) is 2. The van der Waals surface area contributed by atoms with E-state index in [0.717, 1.165) is 24.9 Å². The Bertz CT molecular complexity index is 123. The molecule has 2 heteroatoms. The summed E-state index contributed by atoms with van der Waals surface area (Å²) >= 11 is 0. The van der Waals surface area contributed by atoms with E-state index in [9.17, 15) is 0 Å². The smallest absolute Gasteiger partial charge is 0.00792 e. The molecule has 2 atom stereocenters. The third-order valence-corrected chi connectivity index (χ3v) is 2.68. The van der Waals surface area contributed by atoms with E-state index in [-0.39, 0.29) is 0 Å². The van der Waals surface area contributed by atoms with E-state index < -0.39 is 0 Å². The van der Waals surface area contributed by atoms with Gasteiger partial charge in [0, 0.05) is 6.04 Å². The van der Waals surface area contributed by atoms with Crippen LogP contribution in [0.1, 0.15) is 33.1 Å². The van der Waals surface area contributed by atoms with Crippen molar-refractivity contribution < 1.29 is 0 Å². The van der Waals surface area contributed by atoms with E-state index in [0.29, 0.717) is 6.04 Å². The van der Waals surface area contributed by atoms with Crippen LogP contribution in [0.25, 0.3) is 0 Å². The fourth-order valence-corrected chi connectivity index (χ4v) is 1.88. The summed E-state index contributed by atoms with van der Waals surface area (Å²) in [4.78, 5) is 0. The van der Waals surface area contributed by atoms with Gasteiger partial charge < -0.3 is 11.1 Å². The molecule has 0 aromatic carbocycles. The molecule has 0 aromatic rings. The molecule has 1 fully saturated rings. The van der Waals surface area contributed by atoms with E-state index in [4.69, 9.17) is 5.73 Å². The average Bonchev–Trinajstić information content (AvgIpc) is 2.36. The molecule has 0 saturated heterocycles. The summed E-state index contributed by atoms with van der Waals surface area (Å²) in [6.07, 6.45) is 3.88.